The molecule has 2 aromatic rings. The van der Waals surface area contributed by atoms with Gasteiger partial charge in [0, 0.05) is 40.4 Å². The second-order valence-electron chi connectivity index (χ2n) is 7.92. The zero-order valence-corrected chi connectivity index (χ0v) is 17.9. The lowest BCUT2D eigenvalue weighted by Gasteiger charge is -2.32. The fraction of sp³-hybridized carbons (Fsp3) is 0.435. The monoisotopic (exact) mass is 414 g/mol. The fourth-order valence-electron chi connectivity index (χ4n) is 4.17. The van der Waals surface area contributed by atoms with E-state index >= 15 is 0 Å². The van der Waals surface area contributed by atoms with Gasteiger partial charge >= 0.3 is 0 Å². The Morgan fingerprint density at radius 3 is 2.75 bits per heavy atom. The smallest absolute Gasteiger partial charge is 0.251 e. The van der Waals surface area contributed by atoms with Crippen LogP contribution in [0.3, 0.4) is 0 Å². The summed E-state index contributed by atoms with van der Waals surface area (Å²) in [6, 6.07) is 14.5. The summed E-state index contributed by atoms with van der Waals surface area (Å²) in [5, 5.41) is 4.04. The molecule has 2 aromatic carbocycles. The molecule has 28 heavy (non-hydrogen) atoms. The predicted molar refractivity (Wildman–Crippen MR) is 119 cm³/mol. The highest BCUT2D eigenvalue weighted by Gasteiger charge is 2.24. The first-order valence-electron chi connectivity index (χ1n) is 10.2. The van der Waals surface area contributed by atoms with Gasteiger partial charge in [0.2, 0.25) is 0 Å². The van der Waals surface area contributed by atoms with E-state index in [-0.39, 0.29) is 5.91 Å². The Hall–Kier alpha value is -1.65. The molecular weight excluding hydrogens is 388 g/mol. The molecule has 5 heteroatoms. The number of benzene rings is 2. The quantitative estimate of drug-likeness (QED) is 0.690. The zero-order chi connectivity index (χ0) is 19.5. The van der Waals surface area contributed by atoms with Crippen LogP contribution in [0.1, 0.15) is 48.5 Å². The van der Waals surface area contributed by atoms with Crippen LogP contribution >= 0.6 is 23.4 Å². The number of fused-ring (bicyclic) bond motifs is 1. The Bertz CT molecular complexity index is 839. The lowest BCUT2D eigenvalue weighted by atomic mass is 9.86. The zero-order valence-electron chi connectivity index (χ0n) is 16.3. The number of thioether (sulfide) groups is 1. The third-order valence-corrected chi connectivity index (χ3v) is 7.19. The van der Waals surface area contributed by atoms with Crippen molar-refractivity contribution in [3.8, 4) is 0 Å². The van der Waals surface area contributed by atoms with E-state index in [0.717, 1.165) is 41.5 Å². The molecule has 0 saturated heterocycles. The van der Waals surface area contributed by atoms with Crippen LogP contribution in [0.2, 0.25) is 5.02 Å². The minimum absolute atomic E-state index is 0.0589. The lowest BCUT2D eigenvalue weighted by molar-refractivity contribution is 0.0910. The maximum absolute atomic E-state index is 12.9. The van der Waals surface area contributed by atoms with Crippen LogP contribution in [0.4, 0.5) is 5.69 Å². The number of nitrogens with one attached hydrogen (secondary N) is 1. The topological polar surface area (TPSA) is 32.3 Å². The highest BCUT2D eigenvalue weighted by molar-refractivity contribution is 7.99. The van der Waals surface area contributed by atoms with E-state index in [1.807, 2.05) is 30.0 Å². The van der Waals surface area contributed by atoms with Gasteiger partial charge in [0.15, 0.2) is 0 Å². The van der Waals surface area contributed by atoms with E-state index in [1.165, 1.54) is 29.7 Å². The summed E-state index contributed by atoms with van der Waals surface area (Å²) in [5.41, 5.74) is 3.16. The number of amides is 1. The SMILES string of the molecule is CC1CCCCC1NC(=O)c1ccc2c(c1)N(Cc1ccc(Cl)cc1)CCS2. The van der Waals surface area contributed by atoms with Crippen molar-refractivity contribution in [2.45, 2.75) is 50.1 Å². The number of hydrogen-bond donors (Lipinski definition) is 1. The van der Waals surface area contributed by atoms with Crippen molar-refractivity contribution in [3.63, 3.8) is 0 Å². The first-order valence-corrected chi connectivity index (χ1v) is 11.5. The molecule has 2 unspecified atom stereocenters. The summed E-state index contributed by atoms with van der Waals surface area (Å²) < 4.78 is 0. The number of halogens is 1. The molecule has 4 rings (SSSR count). The molecule has 148 valence electrons. The maximum Gasteiger partial charge on any atom is 0.251 e. The fourth-order valence-corrected chi connectivity index (χ4v) is 5.33. The summed E-state index contributed by atoms with van der Waals surface area (Å²) in [7, 11) is 0. The molecule has 2 atom stereocenters. The number of nitrogens with zero attached hydrogens (tertiary/aromatic N) is 1. The van der Waals surface area contributed by atoms with E-state index in [2.05, 4.69) is 41.4 Å². The number of anilines is 1. The van der Waals surface area contributed by atoms with E-state index in [0.29, 0.717) is 12.0 Å². The molecule has 1 N–H and O–H groups in total. The average molecular weight is 415 g/mol. The van der Waals surface area contributed by atoms with Crippen LogP contribution in [-0.2, 0) is 6.54 Å². The summed E-state index contributed by atoms with van der Waals surface area (Å²) in [6.07, 6.45) is 4.80. The second-order valence-corrected chi connectivity index (χ2v) is 9.49. The molecule has 1 amide bonds. The first-order chi connectivity index (χ1) is 13.6. The van der Waals surface area contributed by atoms with Gasteiger partial charge in [0.05, 0.1) is 5.69 Å². The molecule has 0 bridgehead atoms. The van der Waals surface area contributed by atoms with Gasteiger partial charge in [-0.3, -0.25) is 4.79 Å². The largest absolute Gasteiger partial charge is 0.365 e. The van der Waals surface area contributed by atoms with Crippen LogP contribution in [0.5, 0.6) is 0 Å². The highest BCUT2D eigenvalue weighted by atomic mass is 35.5. The summed E-state index contributed by atoms with van der Waals surface area (Å²) in [6.45, 7) is 4.06. The Morgan fingerprint density at radius 1 is 1.18 bits per heavy atom. The van der Waals surface area contributed by atoms with Crippen molar-refractivity contribution in [1.29, 1.82) is 0 Å². The van der Waals surface area contributed by atoms with Gasteiger partial charge in [-0.15, -0.1) is 11.8 Å². The van der Waals surface area contributed by atoms with Crippen molar-refractivity contribution in [3.05, 3.63) is 58.6 Å². The van der Waals surface area contributed by atoms with E-state index in [4.69, 9.17) is 11.6 Å². The van der Waals surface area contributed by atoms with Crippen molar-refractivity contribution in [2.24, 2.45) is 5.92 Å². The third-order valence-electron chi connectivity index (χ3n) is 5.90. The molecule has 1 heterocycles. The molecule has 0 radical (unpaired) electrons. The maximum atomic E-state index is 12.9. The lowest BCUT2D eigenvalue weighted by Crippen LogP contribution is -2.41. The minimum Gasteiger partial charge on any atom is -0.365 e. The van der Waals surface area contributed by atoms with Crippen LogP contribution in [-0.4, -0.2) is 24.2 Å². The Morgan fingerprint density at radius 2 is 1.96 bits per heavy atom. The Labute approximate surface area is 176 Å². The summed E-state index contributed by atoms with van der Waals surface area (Å²) >= 11 is 7.89. The molecule has 1 saturated carbocycles. The average Bonchev–Trinajstić information content (AvgIpc) is 2.71. The van der Waals surface area contributed by atoms with Crippen molar-refractivity contribution in [2.75, 3.05) is 17.2 Å². The summed E-state index contributed by atoms with van der Waals surface area (Å²) in [5.74, 6) is 1.68. The number of rotatable bonds is 4. The van der Waals surface area contributed by atoms with Crippen molar-refractivity contribution < 1.29 is 4.79 Å². The minimum atomic E-state index is 0.0589. The number of carbonyl (C=O) groups excluding carboxylic acids is 1. The Kier molecular flexibility index (Phi) is 6.17. The molecule has 1 fully saturated rings. The van der Waals surface area contributed by atoms with E-state index in [1.54, 1.807) is 0 Å². The van der Waals surface area contributed by atoms with Gasteiger partial charge in [0.25, 0.3) is 5.91 Å². The molecule has 1 aliphatic carbocycles. The van der Waals surface area contributed by atoms with E-state index in [9.17, 15) is 4.79 Å². The standard InChI is InChI=1S/C23H27ClN2OS/c1-16-4-2-3-5-20(16)25-23(27)18-8-11-22-21(14-18)26(12-13-28-22)15-17-6-9-19(24)10-7-17/h6-11,14,16,20H,2-5,12-13,15H2,1H3,(H,25,27). The predicted octanol–water partition coefficient (Wildman–Crippen LogP) is 5.76. The van der Waals surface area contributed by atoms with Gasteiger partial charge in [0.1, 0.15) is 0 Å². The van der Waals surface area contributed by atoms with Gasteiger partial charge in [-0.05, 0) is 54.7 Å². The van der Waals surface area contributed by atoms with Crippen LogP contribution < -0.4 is 10.2 Å². The molecule has 1 aliphatic heterocycles. The van der Waals surface area contributed by atoms with E-state index < -0.39 is 0 Å². The van der Waals surface area contributed by atoms with Gasteiger partial charge < -0.3 is 10.2 Å². The molecule has 2 aliphatic rings. The van der Waals surface area contributed by atoms with Crippen LogP contribution in [0.15, 0.2) is 47.4 Å². The number of hydrogen-bond acceptors (Lipinski definition) is 3. The highest BCUT2D eigenvalue weighted by Crippen LogP contribution is 2.36. The second kappa shape index (κ2) is 8.79. The van der Waals surface area contributed by atoms with Gasteiger partial charge in [-0.25, -0.2) is 0 Å². The molecule has 0 spiro atoms. The molecular formula is C23H27ClN2OS. The molecule has 0 aromatic heterocycles. The first kappa shape index (κ1) is 19.7. The third kappa shape index (κ3) is 4.49. The normalized spacial score (nSPS) is 21.9. The van der Waals surface area contributed by atoms with Crippen molar-refractivity contribution >= 4 is 35.0 Å². The van der Waals surface area contributed by atoms with Gasteiger partial charge in [-0.2, -0.15) is 0 Å². The van der Waals surface area contributed by atoms with Crippen LogP contribution in [0.25, 0.3) is 0 Å². The van der Waals surface area contributed by atoms with Crippen molar-refractivity contribution in [1.82, 2.24) is 5.32 Å². The summed E-state index contributed by atoms with van der Waals surface area (Å²) in [4.78, 5) is 16.5. The molecule has 3 nitrogen and oxygen atoms in total. The Balaban J connectivity index is 1.52. The number of carbonyl (C=O) groups is 1. The van der Waals surface area contributed by atoms with Crippen LogP contribution in [0, 0.1) is 5.92 Å². The van der Waals surface area contributed by atoms with Gasteiger partial charge in [-0.1, -0.05) is 43.5 Å².